The van der Waals surface area contributed by atoms with Crippen molar-refractivity contribution in [2.24, 2.45) is 0 Å². The summed E-state index contributed by atoms with van der Waals surface area (Å²) in [7, 11) is 0. The van der Waals surface area contributed by atoms with Crippen molar-refractivity contribution < 1.29 is 4.90 Å². The van der Waals surface area contributed by atoms with Crippen LogP contribution in [-0.2, 0) is 6.54 Å². The molecule has 1 aliphatic rings. The number of pyridine rings is 1. The van der Waals surface area contributed by atoms with Crippen LogP contribution in [0.25, 0.3) is 5.65 Å². The summed E-state index contributed by atoms with van der Waals surface area (Å²) in [6, 6.07) is 9.24. The lowest BCUT2D eigenvalue weighted by molar-refractivity contribution is -0.914. The van der Waals surface area contributed by atoms with Gasteiger partial charge in [-0.25, -0.2) is 15.0 Å². The van der Waals surface area contributed by atoms with Crippen molar-refractivity contribution in [1.82, 2.24) is 19.4 Å². The predicted octanol–water partition coefficient (Wildman–Crippen LogP) is -0.302. The number of fused-ring (bicyclic) bond motifs is 1. The van der Waals surface area contributed by atoms with E-state index in [0.717, 1.165) is 55.7 Å². The number of aryl methyl sites for hydroxylation is 1. The highest BCUT2D eigenvalue weighted by molar-refractivity contribution is 5.40. The highest BCUT2D eigenvalue weighted by atomic mass is 16.1. The van der Waals surface area contributed by atoms with E-state index in [0.29, 0.717) is 0 Å². The molecule has 4 rings (SSSR count). The van der Waals surface area contributed by atoms with Gasteiger partial charge in [0.15, 0.2) is 0 Å². The predicted molar refractivity (Wildman–Crippen MR) is 94.8 cm³/mol. The summed E-state index contributed by atoms with van der Waals surface area (Å²) in [5.74, 6) is 0.791. The van der Waals surface area contributed by atoms with Gasteiger partial charge in [-0.05, 0) is 25.1 Å². The van der Waals surface area contributed by atoms with E-state index in [2.05, 4.69) is 19.9 Å². The summed E-state index contributed by atoms with van der Waals surface area (Å²) in [4.78, 5) is 29.3. The molecule has 25 heavy (non-hydrogen) atoms. The minimum atomic E-state index is -0.00572. The normalized spacial score (nSPS) is 15.6. The molecule has 128 valence electrons. The van der Waals surface area contributed by atoms with Gasteiger partial charge >= 0.3 is 0 Å². The first kappa shape index (κ1) is 15.7. The van der Waals surface area contributed by atoms with E-state index < -0.39 is 0 Å². The number of rotatable bonds is 3. The van der Waals surface area contributed by atoms with Gasteiger partial charge in [0, 0.05) is 24.2 Å². The highest BCUT2D eigenvalue weighted by Crippen LogP contribution is 2.05. The number of nitrogens with one attached hydrogen (secondary N) is 1. The lowest BCUT2D eigenvalue weighted by Crippen LogP contribution is -3.13. The van der Waals surface area contributed by atoms with Crippen molar-refractivity contribution in [3.05, 3.63) is 64.5 Å². The summed E-state index contributed by atoms with van der Waals surface area (Å²) >= 11 is 0. The van der Waals surface area contributed by atoms with E-state index in [4.69, 9.17) is 0 Å². The zero-order valence-electron chi connectivity index (χ0n) is 14.2. The van der Waals surface area contributed by atoms with Crippen LogP contribution in [0.4, 0.5) is 5.95 Å². The van der Waals surface area contributed by atoms with Gasteiger partial charge in [0.1, 0.15) is 17.9 Å². The first-order chi connectivity index (χ1) is 12.2. The molecule has 0 unspecified atom stereocenters. The van der Waals surface area contributed by atoms with Crippen LogP contribution in [0.1, 0.15) is 11.4 Å². The number of aromatic nitrogens is 4. The topological polar surface area (TPSA) is 67.8 Å². The Morgan fingerprint density at radius 2 is 1.88 bits per heavy atom. The second-order valence-electron chi connectivity index (χ2n) is 6.41. The third kappa shape index (κ3) is 3.23. The van der Waals surface area contributed by atoms with Crippen LogP contribution < -0.4 is 15.4 Å². The zero-order valence-corrected chi connectivity index (χ0v) is 14.2. The summed E-state index contributed by atoms with van der Waals surface area (Å²) in [5, 5.41) is 0. The smallest absolute Gasteiger partial charge is 0.258 e. The molecule has 0 amide bonds. The zero-order chi connectivity index (χ0) is 17.2. The maximum absolute atomic E-state index is 12.4. The van der Waals surface area contributed by atoms with Crippen LogP contribution in [0.15, 0.2) is 47.5 Å². The van der Waals surface area contributed by atoms with Gasteiger partial charge in [0.25, 0.3) is 5.56 Å². The second kappa shape index (κ2) is 6.60. The summed E-state index contributed by atoms with van der Waals surface area (Å²) in [5.41, 5.74) is 2.48. The molecule has 0 aromatic carbocycles. The Hall–Kier alpha value is -2.80. The molecule has 4 heterocycles. The Labute approximate surface area is 145 Å². The molecule has 1 fully saturated rings. The van der Waals surface area contributed by atoms with Crippen molar-refractivity contribution in [2.45, 2.75) is 13.5 Å². The minimum Gasteiger partial charge on any atom is -0.330 e. The lowest BCUT2D eigenvalue weighted by Gasteiger charge is -2.31. The molecule has 1 aliphatic heterocycles. The van der Waals surface area contributed by atoms with Gasteiger partial charge in [0.2, 0.25) is 5.95 Å². The second-order valence-corrected chi connectivity index (χ2v) is 6.41. The molecule has 0 aliphatic carbocycles. The van der Waals surface area contributed by atoms with Gasteiger partial charge < -0.3 is 9.80 Å². The van der Waals surface area contributed by atoms with Crippen LogP contribution in [0.3, 0.4) is 0 Å². The molecule has 7 nitrogen and oxygen atoms in total. The van der Waals surface area contributed by atoms with Crippen molar-refractivity contribution >= 4 is 11.6 Å². The first-order valence-electron chi connectivity index (χ1n) is 8.54. The molecule has 1 N–H and O–H groups in total. The quantitative estimate of drug-likeness (QED) is 0.711. The Morgan fingerprint density at radius 3 is 2.64 bits per heavy atom. The van der Waals surface area contributed by atoms with Crippen LogP contribution in [0.2, 0.25) is 0 Å². The van der Waals surface area contributed by atoms with Gasteiger partial charge in [-0.15, -0.1) is 0 Å². The maximum atomic E-state index is 12.4. The van der Waals surface area contributed by atoms with E-state index in [1.165, 1.54) is 4.90 Å². The fourth-order valence-corrected chi connectivity index (χ4v) is 3.36. The maximum Gasteiger partial charge on any atom is 0.258 e. The third-order valence-corrected chi connectivity index (χ3v) is 4.67. The molecule has 3 aromatic rings. The standard InChI is InChI=1S/C18H20N6O/c1-14-4-2-5-16-21-15(12-17(25)24(14)16)13-22-8-10-23(11-9-22)18-19-6-3-7-20-18/h2-7,12H,8-11,13H2,1H3/p+1. The Morgan fingerprint density at radius 1 is 1.12 bits per heavy atom. The van der Waals surface area contributed by atoms with Crippen molar-refractivity contribution in [3.63, 3.8) is 0 Å². The van der Waals surface area contributed by atoms with E-state index in [9.17, 15) is 4.79 Å². The number of nitrogens with zero attached hydrogens (tertiary/aromatic N) is 5. The third-order valence-electron chi connectivity index (χ3n) is 4.67. The van der Waals surface area contributed by atoms with Gasteiger partial charge in [-0.1, -0.05) is 6.07 Å². The molecule has 0 saturated carbocycles. The molecule has 1 saturated heterocycles. The summed E-state index contributed by atoms with van der Waals surface area (Å²) in [6.07, 6.45) is 3.55. The van der Waals surface area contributed by atoms with Gasteiger partial charge in [0.05, 0.1) is 26.2 Å². The van der Waals surface area contributed by atoms with Gasteiger partial charge in [-0.2, -0.15) is 0 Å². The Bertz CT molecular complexity index is 931. The van der Waals surface area contributed by atoms with E-state index in [1.807, 2.05) is 31.2 Å². The average molecular weight is 337 g/mol. The molecule has 0 atom stereocenters. The average Bonchev–Trinajstić information content (AvgIpc) is 2.63. The van der Waals surface area contributed by atoms with Crippen molar-refractivity contribution in [3.8, 4) is 0 Å². The number of anilines is 1. The minimum absolute atomic E-state index is 0.00572. The molecular weight excluding hydrogens is 316 g/mol. The number of hydrogen-bond acceptors (Lipinski definition) is 5. The Kier molecular flexibility index (Phi) is 4.15. The fraction of sp³-hybridized carbons (Fsp3) is 0.333. The van der Waals surface area contributed by atoms with Crippen molar-refractivity contribution in [2.75, 3.05) is 31.1 Å². The molecule has 0 spiro atoms. The molecule has 7 heteroatoms. The molecule has 0 radical (unpaired) electrons. The number of piperazine rings is 1. The molecular formula is C18H21N6O+. The van der Waals surface area contributed by atoms with E-state index in [1.54, 1.807) is 22.9 Å². The summed E-state index contributed by atoms with van der Waals surface area (Å²) in [6.45, 7) is 6.46. The van der Waals surface area contributed by atoms with Crippen LogP contribution in [0.5, 0.6) is 0 Å². The molecule has 0 bridgehead atoms. The van der Waals surface area contributed by atoms with Crippen LogP contribution >= 0.6 is 0 Å². The largest absolute Gasteiger partial charge is 0.330 e. The van der Waals surface area contributed by atoms with E-state index in [-0.39, 0.29) is 5.56 Å². The fourth-order valence-electron chi connectivity index (χ4n) is 3.36. The Balaban J connectivity index is 1.47. The number of hydrogen-bond donors (Lipinski definition) is 1. The lowest BCUT2D eigenvalue weighted by atomic mass is 10.2. The summed E-state index contributed by atoms with van der Waals surface area (Å²) < 4.78 is 1.66. The van der Waals surface area contributed by atoms with Crippen LogP contribution in [0, 0.1) is 6.92 Å². The highest BCUT2D eigenvalue weighted by Gasteiger charge is 2.22. The molecule has 3 aromatic heterocycles. The van der Waals surface area contributed by atoms with Crippen LogP contribution in [-0.4, -0.2) is 45.5 Å². The van der Waals surface area contributed by atoms with Gasteiger partial charge in [-0.3, -0.25) is 9.20 Å². The first-order valence-corrected chi connectivity index (χ1v) is 8.54. The number of quaternary nitrogens is 1. The van der Waals surface area contributed by atoms with Crippen molar-refractivity contribution in [1.29, 1.82) is 0 Å². The monoisotopic (exact) mass is 337 g/mol. The SMILES string of the molecule is Cc1cccc2nc(C[NH+]3CCN(c4ncccn4)CC3)cc(=O)n12. The van der Waals surface area contributed by atoms with E-state index >= 15 is 0 Å².